The van der Waals surface area contributed by atoms with Crippen LogP contribution in [-0.4, -0.2) is 70.4 Å². The van der Waals surface area contributed by atoms with Crippen molar-refractivity contribution >= 4 is 34.8 Å². The van der Waals surface area contributed by atoms with Crippen LogP contribution in [0.25, 0.3) is 5.65 Å². The Bertz CT molecular complexity index is 1340. The molecule has 0 unspecified atom stereocenters. The zero-order valence-electron chi connectivity index (χ0n) is 20.1. The summed E-state index contributed by atoms with van der Waals surface area (Å²) in [6, 6.07) is 3.09. The van der Waals surface area contributed by atoms with Crippen LogP contribution < -0.4 is 20.4 Å². The third kappa shape index (κ3) is 5.74. The fraction of sp³-hybridized carbons (Fsp3) is 0.391. The molecule has 2 aliphatic heterocycles. The number of piperazine rings is 1. The van der Waals surface area contributed by atoms with Crippen LogP contribution in [0.4, 0.5) is 39.5 Å². The number of rotatable bonds is 2. The van der Waals surface area contributed by atoms with Crippen molar-refractivity contribution in [2.75, 3.05) is 47.8 Å². The van der Waals surface area contributed by atoms with E-state index in [-0.39, 0.29) is 11.7 Å². The van der Waals surface area contributed by atoms with Crippen LogP contribution in [0.3, 0.4) is 0 Å². The molecule has 3 N–H and O–H groups in total. The van der Waals surface area contributed by atoms with Gasteiger partial charge in [0.05, 0.1) is 11.4 Å². The third-order valence-electron chi connectivity index (χ3n) is 5.87. The average molecular weight is 523 g/mol. The minimum absolute atomic E-state index is 0.245. The Morgan fingerprint density at radius 2 is 1.73 bits per heavy atom. The Hall–Kier alpha value is -3.94. The second kappa shape index (κ2) is 10.2. The lowest BCUT2D eigenvalue weighted by atomic mass is 10.1. The van der Waals surface area contributed by atoms with Gasteiger partial charge in [-0.05, 0) is 26.3 Å². The van der Waals surface area contributed by atoms with Gasteiger partial charge < -0.3 is 25.0 Å². The molecule has 10 nitrogen and oxygen atoms in total. The van der Waals surface area contributed by atoms with Gasteiger partial charge in [-0.1, -0.05) is 0 Å². The number of anilines is 3. The summed E-state index contributed by atoms with van der Waals surface area (Å²) in [6.07, 6.45) is -0.934. The summed E-state index contributed by atoms with van der Waals surface area (Å²) in [5, 5.41) is 13.3. The van der Waals surface area contributed by atoms with Crippen molar-refractivity contribution in [3.05, 3.63) is 47.3 Å². The second-order valence-electron chi connectivity index (χ2n) is 8.65. The number of hydrogen-bond donors (Lipinski definition) is 3. The van der Waals surface area contributed by atoms with E-state index >= 15 is 0 Å². The maximum atomic E-state index is 14.4. The molecule has 5 heterocycles. The Morgan fingerprint density at radius 3 is 2.38 bits per heavy atom. The van der Waals surface area contributed by atoms with Crippen molar-refractivity contribution in [2.45, 2.75) is 26.4 Å². The maximum Gasteiger partial charge on any atom is 0.490 e. The average Bonchev–Trinajstić information content (AvgIpc) is 3.42. The summed E-state index contributed by atoms with van der Waals surface area (Å²) in [5.74, 6) is -2.54. The highest BCUT2D eigenvalue weighted by Gasteiger charge is 2.38. The van der Waals surface area contributed by atoms with Crippen molar-refractivity contribution < 1.29 is 32.3 Å². The molecule has 0 bridgehead atoms. The molecule has 2 aliphatic rings. The first-order valence-corrected chi connectivity index (χ1v) is 11.4. The number of aromatic nitrogens is 3. The Labute approximate surface area is 208 Å². The van der Waals surface area contributed by atoms with E-state index in [1.54, 1.807) is 28.6 Å². The van der Waals surface area contributed by atoms with Crippen LogP contribution in [0.1, 0.15) is 17.0 Å². The number of carboxylic acid groups (broad SMARTS) is 1. The van der Waals surface area contributed by atoms with Crippen molar-refractivity contribution in [3.63, 3.8) is 0 Å². The zero-order chi connectivity index (χ0) is 26.9. The summed E-state index contributed by atoms with van der Waals surface area (Å²) < 4.78 is 47.7. The molecule has 0 aliphatic carbocycles. The zero-order valence-corrected chi connectivity index (χ0v) is 20.1. The van der Waals surface area contributed by atoms with Gasteiger partial charge in [-0.15, -0.1) is 0 Å². The smallest absolute Gasteiger partial charge is 0.475 e. The fourth-order valence-electron chi connectivity index (χ4n) is 4.28. The molecule has 0 aromatic carbocycles. The number of amides is 2. The standard InChI is InChI=1S/C21H24FN7O.C2HF3O2/c1-13-9-18(27-7-4-23-5-8-27)16-3-6-29(19(16)24-13)21(30)26-15-10-17(22)20-25-14(2)11-28(20)12-15;3-2(4,5)1(6)7/h9-12,23H,3-8H2,1-2H3,(H,26,30);(H,6,7). The highest BCUT2D eigenvalue weighted by molar-refractivity contribution is 6.03. The lowest BCUT2D eigenvalue weighted by Crippen LogP contribution is -2.44. The molecule has 0 saturated carbocycles. The first-order chi connectivity index (χ1) is 17.4. The Morgan fingerprint density at radius 1 is 1.05 bits per heavy atom. The number of aryl methyl sites for hydroxylation is 2. The van der Waals surface area contributed by atoms with E-state index in [4.69, 9.17) is 9.90 Å². The number of imidazole rings is 1. The molecular formula is C23H25F4N7O3. The van der Waals surface area contributed by atoms with Crippen LogP contribution in [0.5, 0.6) is 0 Å². The molecule has 3 aromatic rings. The summed E-state index contributed by atoms with van der Waals surface area (Å²) in [7, 11) is 0. The van der Waals surface area contributed by atoms with Gasteiger partial charge in [-0.3, -0.25) is 4.90 Å². The van der Waals surface area contributed by atoms with Crippen molar-refractivity contribution in [1.29, 1.82) is 0 Å². The highest BCUT2D eigenvalue weighted by atomic mass is 19.4. The molecule has 0 radical (unpaired) electrons. The number of carbonyl (C=O) groups is 2. The molecular weight excluding hydrogens is 498 g/mol. The van der Waals surface area contributed by atoms with Crippen LogP contribution in [0, 0.1) is 19.7 Å². The number of carbonyl (C=O) groups excluding carboxylic acids is 1. The highest BCUT2D eigenvalue weighted by Crippen LogP contribution is 2.35. The first kappa shape index (κ1) is 26.1. The second-order valence-corrected chi connectivity index (χ2v) is 8.65. The fourth-order valence-corrected chi connectivity index (χ4v) is 4.28. The lowest BCUT2D eigenvalue weighted by Gasteiger charge is -2.31. The number of halogens is 4. The first-order valence-electron chi connectivity index (χ1n) is 11.4. The van der Waals surface area contributed by atoms with E-state index in [1.165, 1.54) is 6.07 Å². The summed E-state index contributed by atoms with van der Waals surface area (Å²) in [5.41, 5.74) is 4.48. The quantitative estimate of drug-likeness (QED) is 0.442. The van der Waals surface area contributed by atoms with Gasteiger partial charge in [0.1, 0.15) is 5.82 Å². The number of pyridine rings is 2. The van der Waals surface area contributed by atoms with Crippen LogP contribution in [0.15, 0.2) is 24.5 Å². The maximum absolute atomic E-state index is 14.4. The molecule has 0 spiro atoms. The number of hydrogen-bond acceptors (Lipinski definition) is 6. The molecule has 37 heavy (non-hydrogen) atoms. The van der Waals surface area contributed by atoms with Gasteiger partial charge in [0.15, 0.2) is 11.5 Å². The molecule has 198 valence electrons. The minimum atomic E-state index is -5.08. The molecule has 1 fully saturated rings. The van der Waals surface area contributed by atoms with E-state index in [0.717, 1.165) is 49.5 Å². The number of urea groups is 1. The molecule has 2 amide bonds. The number of alkyl halides is 3. The summed E-state index contributed by atoms with van der Waals surface area (Å²) in [6.45, 7) is 8.06. The summed E-state index contributed by atoms with van der Waals surface area (Å²) in [4.78, 5) is 34.7. The number of nitrogens with zero attached hydrogens (tertiary/aromatic N) is 5. The Balaban J connectivity index is 0.000000405. The van der Waals surface area contributed by atoms with E-state index in [2.05, 4.69) is 31.6 Å². The Kier molecular flexibility index (Phi) is 7.21. The van der Waals surface area contributed by atoms with E-state index in [9.17, 15) is 22.4 Å². The lowest BCUT2D eigenvalue weighted by molar-refractivity contribution is -0.192. The topological polar surface area (TPSA) is 115 Å². The predicted molar refractivity (Wildman–Crippen MR) is 128 cm³/mol. The molecule has 5 rings (SSSR count). The van der Waals surface area contributed by atoms with Crippen molar-refractivity contribution in [2.24, 2.45) is 0 Å². The van der Waals surface area contributed by atoms with Gasteiger partial charge in [0.2, 0.25) is 0 Å². The third-order valence-corrected chi connectivity index (χ3v) is 5.87. The van der Waals surface area contributed by atoms with Crippen LogP contribution >= 0.6 is 0 Å². The number of carboxylic acids is 1. The van der Waals surface area contributed by atoms with E-state index in [0.29, 0.717) is 23.7 Å². The van der Waals surface area contributed by atoms with Gasteiger partial charge in [-0.25, -0.2) is 23.9 Å². The summed E-state index contributed by atoms with van der Waals surface area (Å²) >= 11 is 0. The SMILES string of the molecule is Cc1cc(N2CCNCC2)c2c(n1)N(C(=O)Nc1cc(F)c3nc(C)cn3c1)CC2.O=C(O)C(F)(F)F. The molecule has 14 heteroatoms. The van der Waals surface area contributed by atoms with Crippen LogP contribution in [-0.2, 0) is 11.2 Å². The van der Waals surface area contributed by atoms with Gasteiger partial charge in [0.25, 0.3) is 0 Å². The van der Waals surface area contributed by atoms with E-state index < -0.39 is 18.0 Å². The van der Waals surface area contributed by atoms with Gasteiger partial charge in [-0.2, -0.15) is 13.2 Å². The van der Waals surface area contributed by atoms with E-state index in [1.807, 2.05) is 6.92 Å². The van der Waals surface area contributed by atoms with Gasteiger partial charge >= 0.3 is 18.2 Å². The largest absolute Gasteiger partial charge is 0.490 e. The predicted octanol–water partition coefficient (Wildman–Crippen LogP) is 3.12. The monoisotopic (exact) mass is 523 g/mol. The molecule has 1 saturated heterocycles. The number of aliphatic carboxylic acids is 1. The normalized spacial score (nSPS) is 15.3. The van der Waals surface area contributed by atoms with Crippen LogP contribution in [0.2, 0.25) is 0 Å². The number of nitrogens with one attached hydrogen (secondary N) is 2. The molecule has 0 atom stereocenters. The molecule has 3 aromatic heterocycles. The number of fused-ring (bicyclic) bond motifs is 2. The van der Waals surface area contributed by atoms with Crippen molar-refractivity contribution in [1.82, 2.24) is 19.7 Å². The minimum Gasteiger partial charge on any atom is -0.475 e. The van der Waals surface area contributed by atoms with Crippen molar-refractivity contribution in [3.8, 4) is 0 Å². The van der Waals surface area contributed by atoms with Gasteiger partial charge in [0, 0.05) is 68.1 Å².